The number of hydrogen-bond donors (Lipinski definition) is 0. The molecule has 1 aromatic heterocycles. The van der Waals surface area contributed by atoms with Crippen LogP contribution < -0.4 is 4.90 Å². The first-order valence-corrected chi connectivity index (χ1v) is 12.4. The number of imide groups is 1. The van der Waals surface area contributed by atoms with Crippen LogP contribution in [0.25, 0.3) is 0 Å². The number of nitrogens with zero attached hydrogens (tertiary/aromatic N) is 5. The van der Waals surface area contributed by atoms with Gasteiger partial charge < -0.3 is 4.90 Å². The zero-order chi connectivity index (χ0) is 26.0. The van der Waals surface area contributed by atoms with Crippen LogP contribution in [0.1, 0.15) is 55.4 Å². The SMILES string of the molecule is CCN(c1ccc(N=Nc2sc(C=O)c(Cl)c2C#N)c(C)c1)C(C)CN1C(=O)c2ccccc2C1=O. The topological polar surface area (TPSA) is 106 Å². The van der Waals surface area contributed by atoms with E-state index in [4.69, 9.17) is 11.6 Å². The highest BCUT2D eigenvalue weighted by Crippen LogP contribution is 2.39. The number of hydrogen-bond acceptors (Lipinski definition) is 8. The van der Waals surface area contributed by atoms with E-state index in [2.05, 4.69) is 15.1 Å². The van der Waals surface area contributed by atoms with Crippen molar-refractivity contribution in [3.05, 3.63) is 74.6 Å². The molecule has 0 aliphatic carbocycles. The molecule has 0 saturated carbocycles. The Morgan fingerprint density at radius 1 is 1.17 bits per heavy atom. The fourth-order valence-corrected chi connectivity index (χ4v) is 5.33. The predicted molar refractivity (Wildman–Crippen MR) is 139 cm³/mol. The molecule has 1 aliphatic heterocycles. The Balaban J connectivity index is 1.53. The lowest BCUT2D eigenvalue weighted by Crippen LogP contribution is -2.44. The molecule has 1 aliphatic rings. The molecule has 182 valence electrons. The lowest BCUT2D eigenvalue weighted by molar-refractivity contribution is 0.0645. The van der Waals surface area contributed by atoms with E-state index < -0.39 is 0 Å². The van der Waals surface area contributed by atoms with Crippen LogP contribution in [0.3, 0.4) is 0 Å². The molecule has 0 fully saturated rings. The molecule has 2 heterocycles. The van der Waals surface area contributed by atoms with Crippen molar-refractivity contribution < 1.29 is 14.4 Å². The summed E-state index contributed by atoms with van der Waals surface area (Å²) in [5, 5.41) is 18.1. The third-order valence-corrected chi connectivity index (χ3v) is 7.54. The van der Waals surface area contributed by atoms with Crippen molar-refractivity contribution in [3.8, 4) is 6.07 Å². The minimum Gasteiger partial charge on any atom is -0.367 e. The van der Waals surface area contributed by atoms with Crippen molar-refractivity contribution >= 4 is 57.4 Å². The van der Waals surface area contributed by atoms with Gasteiger partial charge in [0.1, 0.15) is 11.6 Å². The summed E-state index contributed by atoms with van der Waals surface area (Å²) in [7, 11) is 0. The molecule has 3 aromatic rings. The van der Waals surface area contributed by atoms with Gasteiger partial charge in [-0.2, -0.15) is 5.26 Å². The molecule has 2 amide bonds. The fourth-order valence-electron chi connectivity index (χ4n) is 4.21. The van der Waals surface area contributed by atoms with Crippen LogP contribution in [-0.2, 0) is 0 Å². The van der Waals surface area contributed by atoms with Crippen molar-refractivity contribution in [2.45, 2.75) is 26.8 Å². The molecule has 8 nitrogen and oxygen atoms in total. The zero-order valence-electron chi connectivity index (χ0n) is 19.9. The summed E-state index contributed by atoms with van der Waals surface area (Å²) in [6, 6.07) is 14.4. The predicted octanol–water partition coefficient (Wildman–Crippen LogP) is 6.32. The number of azo groups is 1. The van der Waals surface area contributed by atoms with Gasteiger partial charge in [-0.25, -0.2) is 0 Å². The summed E-state index contributed by atoms with van der Waals surface area (Å²) < 4.78 is 0. The third-order valence-electron chi connectivity index (χ3n) is 6.03. The fraction of sp³-hybridized carbons (Fsp3) is 0.231. The van der Waals surface area contributed by atoms with Crippen LogP contribution in [0.15, 0.2) is 52.7 Å². The lowest BCUT2D eigenvalue weighted by atomic mass is 10.1. The number of aldehydes is 1. The van der Waals surface area contributed by atoms with Gasteiger partial charge in [0, 0.05) is 24.8 Å². The van der Waals surface area contributed by atoms with Gasteiger partial charge in [0.15, 0.2) is 11.3 Å². The van der Waals surface area contributed by atoms with Gasteiger partial charge in [0.25, 0.3) is 11.8 Å². The molecule has 0 radical (unpaired) electrons. The number of carbonyl (C=O) groups excluding carboxylic acids is 3. The van der Waals surface area contributed by atoms with Gasteiger partial charge in [-0.15, -0.1) is 21.6 Å². The molecule has 0 spiro atoms. The van der Waals surface area contributed by atoms with Gasteiger partial charge in [-0.05, 0) is 56.7 Å². The van der Waals surface area contributed by atoms with Crippen molar-refractivity contribution in [2.24, 2.45) is 10.2 Å². The normalized spacial score (nSPS) is 13.7. The first kappa shape index (κ1) is 25.2. The van der Waals surface area contributed by atoms with Crippen molar-refractivity contribution in [1.82, 2.24) is 4.90 Å². The van der Waals surface area contributed by atoms with E-state index in [9.17, 15) is 19.6 Å². The number of thiophene rings is 1. The van der Waals surface area contributed by atoms with E-state index in [1.807, 2.05) is 45.0 Å². The Morgan fingerprint density at radius 3 is 2.39 bits per heavy atom. The number of benzene rings is 2. The van der Waals surface area contributed by atoms with Gasteiger partial charge in [-0.1, -0.05) is 23.7 Å². The van der Waals surface area contributed by atoms with Gasteiger partial charge in [0.05, 0.1) is 26.7 Å². The summed E-state index contributed by atoms with van der Waals surface area (Å²) in [6.07, 6.45) is 0.593. The average molecular weight is 520 g/mol. The number of carbonyl (C=O) groups is 3. The maximum Gasteiger partial charge on any atom is 0.261 e. The second kappa shape index (κ2) is 10.4. The lowest BCUT2D eigenvalue weighted by Gasteiger charge is -2.32. The minimum atomic E-state index is -0.270. The molecule has 0 saturated heterocycles. The van der Waals surface area contributed by atoms with Gasteiger partial charge in [0.2, 0.25) is 0 Å². The second-order valence-electron chi connectivity index (χ2n) is 8.26. The highest BCUT2D eigenvalue weighted by atomic mass is 35.5. The molecule has 0 bridgehead atoms. The smallest absolute Gasteiger partial charge is 0.261 e. The van der Waals surface area contributed by atoms with E-state index >= 15 is 0 Å². The highest BCUT2D eigenvalue weighted by molar-refractivity contribution is 7.18. The summed E-state index contributed by atoms with van der Waals surface area (Å²) in [5.74, 6) is -0.540. The van der Waals surface area contributed by atoms with E-state index in [0.29, 0.717) is 29.6 Å². The molecular weight excluding hydrogens is 498 g/mol. The summed E-state index contributed by atoms with van der Waals surface area (Å²) >= 11 is 7.06. The number of rotatable bonds is 8. The van der Waals surface area contributed by atoms with E-state index in [1.54, 1.807) is 24.3 Å². The average Bonchev–Trinajstić information content (AvgIpc) is 3.32. The molecule has 4 rings (SSSR count). The Hall–Kier alpha value is -3.87. The van der Waals surface area contributed by atoms with Crippen molar-refractivity contribution in [3.63, 3.8) is 0 Å². The molecule has 0 N–H and O–H groups in total. The van der Waals surface area contributed by atoms with Crippen LogP contribution in [0.5, 0.6) is 0 Å². The number of halogens is 1. The summed E-state index contributed by atoms with van der Waals surface area (Å²) in [5.41, 5.74) is 3.37. The van der Waals surface area contributed by atoms with E-state index in [1.165, 1.54) is 4.90 Å². The molecular formula is C26H22ClN5O3S. The molecule has 36 heavy (non-hydrogen) atoms. The van der Waals surface area contributed by atoms with Gasteiger partial charge >= 0.3 is 0 Å². The van der Waals surface area contributed by atoms with Crippen LogP contribution in [0.2, 0.25) is 5.02 Å². The van der Waals surface area contributed by atoms with Crippen LogP contribution in [0, 0.1) is 18.3 Å². The number of anilines is 1. The maximum absolute atomic E-state index is 12.8. The molecule has 1 atom stereocenters. The van der Waals surface area contributed by atoms with Gasteiger partial charge in [-0.3, -0.25) is 19.3 Å². The molecule has 2 aromatic carbocycles. The number of amides is 2. The standard InChI is InChI=1S/C26H22ClN5O3S/c1-4-31(16(3)13-32-25(34)18-7-5-6-8-19(18)26(32)35)17-9-10-21(15(2)11-17)29-30-24-20(12-28)23(27)22(14-33)36-24/h5-11,14,16H,4,13H2,1-3H3. The highest BCUT2D eigenvalue weighted by Gasteiger charge is 2.36. The number of nitriles is 1. The second-order valence-corrected chi connectivity index (χ2v) is 9.67. The quantitative estimate of drug-likeness (QED) is 0.196. The maximum atomic E-state index is 12.8. The Kier molecular flexibility index (Phi) is 7.29. The van der Waals surface area contributed by atoms with Crippen LogP contribution >= 0.6 is 22.9 Å². The molecule has 10 heteroatoms. The summed E-state index contributed by atoms with van der Waals surface area (Å²) in [4.78, 5) is 40.3. The first-order valence-electron chi connectivity index (χ1n) is 11.2. The Morgan fingerprint density at radius 2 is 1.83 bits per heavy atom. The van der Waals surface area contributed by atoms with E-state index in [-0.39, 0.29) is 44.9 Å². The Bertz CT molecular complexity index is 1410. The third kappa shape index (κ3) is 4.53. The number of aryl methyl sites for hydroxylation is 1. The van der Waals surface area contributed by atoms with Crippen molar-refractivity contribution in [1.29, 1.82) is 5.26 Å². The first-order chi connectivity index (χ1) is 17.3. The van der Waals surface area contributed by atoms with Crippen LogP contribution in [0.4, 0.5) is 16.4 Å². The number of likely N-dealkylation sites (N-methyl/N-ethyl adjacent to an activating group) is 1. The van der Waals surface area contributed by atoms with Crippen LogP contribution in [-0.4, -0.2) is 42.1 Å². The van der Waals surface area contributed by atoms with E-state index in [0.717, 1.165) is 22.6 Å². The number of fused-ring (bicyclic) bond motifs is 1. The zero-order valence-corrected chi connectivity index (χ0v) is 21.4. The summed E-state index contributed by atoms with van der Waals surface area (Å²) in [6.45, 7) is 6.80. The minimum absolute atomic E-state index is 0.0872. The largest absolute Gasteiger partial charge is 0.367 e. The molecule has 1 unspecified atom stereocenters. The monoisotopic (exact) mass is 519 g/mol. The Labute approximate surface area is 217 Å². The van der Waals surface area contributed by atoms with Crippen molar-refractivity contribution in [2.75, 3.05) is 18.0 Å².